The average Bonchev–Trinajstić information content (AvgIpc) is 2.26. The lowest BCUT2D eigenvalue weighted by Crippen LogP contribution is -2.15. The quantitative estimate of drug-likeness (QED) is 0.510. The molecule has 0 atom stereocenters. The van der Waals surface area contributed by atoms with E-state index in [1.807, 2.05) is 6.20 Å². The molecule has 0 rings (SSSR count). The van der Waals surface area contributed by atoms with Crippen molar-refractivity contribution in [3.8, 4) is 11.8 Å². The monoisotopic (exact) mass is 250 g/mol. The third-order valence-corrected chi connectivity index (χ3v) is 2.47. The summed E-state index contributed by atoms with van der Waals surface area (Å²) in [6.07, 6.45) is 7.53. The summed E-state index contributed by atoms with van der Waals surface area (Å²) >= 11 is 0. The number of hydrogen-bond acceptors (Lipinski definition) is 2. The first-order valence-electron chi connectivity index (χ1n) is 7.18. The molecule has 0 radical (unpaired) electrons. The van der Waals surface area contributed by atoms with Gasteiger partial charge in [-0.2, -0.15) is 0 Å². The molecule has 0 aromatic heterocycles. The summed E-state index contributed by atoms with van der Waals surface area (Å²) in [5, 5.41) is 3.25. The van der Waals surface area contributed by atoms with Crippen molar-refractivity contribution in [3.63, 3.8) is 0 Å². The molecule has 0 saturated carbocycles. The van der Waals surface area contributed by atoms with Gasteiger partial charge in [-0.05, 0) is 25.2 Å². The van der Waals surface area contributed by atoms with Crippen molar-refractivity contribution in [2.24, 2.45) is 17.6 Å². The van der Waals surface area contributed by atoms with Crippen molar-refractivity contribution in [2.75, 3.05) is 6.54 Å². The van der Waals surface area contributed by atoms with Crippen LogP contribution in [0.5, 0.6) is 0 Å². The third kappa shape index (κ3) is 13.0. The van der Waals surface area contributed by atoms with Gasteiger partial charge in [0.2, 0.25) is 0 Å². The van der Waals surface area contributed by atoms with Crippen LogP contribution in [-0.2, 0) is 0 Å². The number of unbranched alkanes of at least 4 members (excludes halogenated alkanes) is 3. The maximum absolute atomic E-state index is 5.91. The van der Waals surface area contributed by atoms with Crippen LogP contribution in [0.1, 0.15) is 59.8 Å². The van der Waals surface area contributed by atoms with Gasteiger partial charge in [0, 0.05) is 30.8 Å². The van der Waals surface area contributed by atoms with E-state index in [1.54, 1.807) is 0 Å². The van der Waals surface area contributed by atoms with Crippen molar-refractivity contribution in [3.05, 3.63) is 11.9 Å². The molecule has 0 aliphatic carbocycles. The minimum absolute atomic E-state index is 0.496. The van der Waals surface area contributed by atoms with Crippen LogP contribution in [0.25, 0.3) is 0 Å². The second-order valence-electron chi connectivity index (χ2n) is 5.56. The number of rotatable bonds is 8. The lowest BCUT2D eigenvalue weighted by Gasteiger charge is -2.06. The smallest absolute Gasteiger partial charge is 0.0240 e. The van der Waals surface area contributed by atoms with Gasteiger partial charge in [-0.15, -0.1) is 11.8 Å². The standard InChI is InChI=1S/C16H30N2/c1-14(2)10-8-6-5-7-9-11-16(17)13-18-12-15(3)4/h13-15,18H,5-7,9,11-12,17H2,1-4H3/b16-13-. The van der Waals surface area contributed by atoms with Crippen LogP contribution >= 0.6 is 0 Å². The van der Waals surface area contributed by atoms with E-state index in [9.17, 15) is 0 Å². The van der Waals surface area contributed by atoms with Crippen molar-refractivity contribution >= 4 is 0 Å². The van der Waals surface area contributed by atoms with E-state index in [4.69, 9.17) is 5.73 Å². The molecule has 0 unspecified atom stereocenters. The maximum Gasteiger partial charge on any atom is 0.0240 e. The summed E-state index contributed by atoms with van der Waals surface area (Å²) in [4.78, 5) is 0. The molecule has 0 aromatic carbocycles. The molecule has 18 heavy (non-hydrogen) atoms. The van der Waals surface area contributed by atoms with Crippen LogP contribution in [0.3, 0.4) is 0 Å². The Morgan fingerprint density at radius 2 is 1.89 bits per heavy atom. The molecule has 2 heteroatoms. The topological polar surface area (TPSA) is 38.0 Å². The Hall–Kier alpha value is -1.10. The molecule has 0 heterocycles. The van der Waals surface area contributed by atoms with Crippen LogP contribution in [0.2, 0.25) is 0 Å². The molecule has 0 saturated heterocycles. The van der Waals surface area contributed by atoms with Crippen LogP contribution in [0.15, 0.2) is 11.9 Å². The molecular formula is C16H30N2. The first-order valence-corrected chi connectivity index (χ1v) is 7.18. The second-order valence-corrected chi connectivity index (χ2v) is 5.56. The summed E-state index contributed by atoms with van der Waals surface area (Å²) in [5.41, 5.74) is 6.87. The van der Waals surface area contributed by atoms with Crippen LogP contribution < -0.4 is 11.1 Å². The zero-order valence-corrected chi connectivity index (χ0v) is 12.6. The van der Waals surface area contributed by atoms with Crippen molar-refractivity contribution < 1.29 is 0 Å². The molecule has 104 valence electrons. The van der Waals surface area contributed by atoms with Crippen molar-refractivity contribution in [1.82, 2.24) is 5.32 Å². The molecule has 0 fully saturated rings. The van der Waals surface area contributed by atoms with Gasteiger partial charge in [0.25, 0.3) is 0 Å². The normalized spacial score (nSPS) is 11.6. The third-order valence-electron chi connectivity index (χ3n) is 2.47. The zero-order valence-electron chi connectivity index (χ0n) is 12.6. The molecule has 0 amide bonds. The van der Waals surface area contributed by atoms with Gasteiger partial charge in [0.05, 0.1) is 0 Å². The Labute approximate surface area is 113 Å². The Bertz CT molecular complexity index is 279. The van der Waals surface area contributed by atoms with E-state index in [2.05, 4.69) is 44.9 Å². The fraction of sp³-hybridized carbons (Fsp3) is 0.750. The lowest BCUT2D eigenvalue weighted by molar-refractivity contribution is 0.606. The van der Waals surface area contributed by atoms with E-state index in [-0.39, 0.29) is 0 Å². The van der Waals surface area contributed by atoms with Gasteiger partial charge in [-0.1, -0.05) is 34.1 Å². The highest BCUT2D eigenvalue weighted by molar-refractivity contribution is 5.01. The zero-order chi connectivity index (χ0) is 13.8. The summed E-state index contributed by atoms with van der Waals surface area (Å²) in [5.74, 6) is 7.56. The van der Waals surface area contributed by atoms with Gasteiger partial charge in [-0.3, -0.25) is 0 Å². The molecule has 0 aliphatic rings. The summed E-state index contributed by atoms with van der Waals surface area (Å²) in [6.45, 7) is 9.63. The van der Waals surface area contributed by atoms with Crippen LogP contribution in [0, 0.1) is 23.7 Å². The Kier molecular flexibility index (Phi) is 10.3. The minimum Gasteiger partial charge on any atom is -0.401 e. The highest BCUT2D eigenvalue weighted by Crippen LogP contribution is 2.06. The molecule has 2 nitrogen and oxygen atoms in total. The Morgan fingerprint density at radius 1 is 1.17 bits per heavy atom. The lowest BCUT2D eigenvalue weighted by atomic mass is 10.1. The Balaban J connectivity index is 3.46. The fourth-order valence-corrected chi connectivity index (χ4v) is 1.49. The SMILES string of the molecule is CC(C)C#CCCCCC/C(N)=C/NCC(C)C. The van der Waals surface area contributed by atoms with Crippen LogP contribution in [-0.4, -0.2) is 6.54 Å². The summed E-state index contributed by atoms with van der Waals surface area (Å²) in [7, 11) is 0. The second kappa shape index (κ2) is 11.0. The highest BCUT2D eigenvalue weighted by Gasteiger charge is 1.93. The molecule has 3 N–H and O–H groups in total. The largest absolute Gasteiger partial charge is 0.401 e. The van der Waals surface area contributed by atoms with Gasteiger partial charge in [0.1, 0.15) is 0 Å². The van der Waals surface area contributed by atoms with E-state index in [0.29, 0.717) is 11.8 Å². The Morgan fingerprint density at radius 3 is 2.50 bits per heavy atom. The number of nitrogens with one attached hydrogen (secondary N) is 1. The van der Waals surface area contributed by atoms with E-state index >= 15 is 0 Å². The molecule has 0 aromatic rings. The van der Waals surface area contributed by atoms with E-state index < -0.39 is 0 Å². The van der Waals surface area contributed by atoms with Crippen molar-refractivity contribution in [2.45, 2.75) is 59.8 Å². The first kappa shape index (κ1) is 16.9. The van der Waals surface area contributed by atoms with Gasteiger partial charge in [0.15, 0.2) is 0 Å². The molecule has 0 aliphatic heterocycles. The number of nitrogens with two attached hydrogens (primary N) is 1. The minimum atomic E-state index is 0.496. The average molecular weight is 250 g/mol. The molecular weight excluding hydrogens is 220 g/mol. The molecule has 0 bridgehead atoms. The fourth-order valence-electron chi connectivity index (χ4n) is 1.49. The number of hydrogen-bond donors (Lipinski definition) is 2. The van der Waals surface area contributed by atoms with Gasteiger partial charge < -0.3 is 11.1 Å². The van der Waals surface area contributed by atoms with Crippen molar-refractivity contribution in [1.29, 1.82) is 0 Å². The van der Waals surface area contributed by atoms with Gasteiger partial charge >= 0.3 is 0 Å². The number of allylic oxidation sites excluding steroid dienone is 1. The summed E-state index contributed by atoms with van der Waals surface area (Å²) in [6, 6.07) is 0. The van der Waals surface area contributed by atoms with E-state index in [1.165, 1.54) is 12.8 Å². The highest BCUT2D eigenvalue weighted by atomic mass is 14.8. The van der Waals surface area contributed by atoms with Crippen LogP contribution in [0.4, 0.5) is 0 Å². The predicted octanol–water partition coefficient (Wildman–Crippen LogP) is 3.64. The first-order chi connectivity index (χ1) is 8.52. The van der Waals surface area contributed by atoms with E-state index in [0.717, 1.165) is 31.5 Å². The predicted molar refractivity (Wildman–Crippen MR) is 80.8 cm³/mol. The maximum atomic E-state index is 5.91. The van der Waals surface area contributed by atoms with Gasteiger partial charge in [-0.25, -0.2) is 0 Å². The molecule has 0 spiro atoms. The summed E-state index contributed by atoms with van der Waals surface area (Å²) < 4.78 is 0.